The maximum atomic E-state index is 12.6. The molecule has 4 rings (SSSR count). The van der Waals surface area contributed by atoms with Crippen LogP contribution in [0.3, 0.4) is 0 Å². The highest BCUT2D eigenvalue weighted by atomic mass is 33.1. The van der Waals surface area contributed by atoms with E-state index in [0.29, 0.717) is 42.1 Å². The van der Waals surface area contributed by atoms with Gasteiger partial charge in [0.1, 0.15) is 5.69 Å². The lowest BCUT2D eigenvalue weighted by Gasteiger charge is -2.32. The fourth-order valence-electron chi connectivity index (χ4n) is 3.93. The Balaban J connectivity index is 1.22. The van der Waals surface area contributed by atoms with Crippen LogP contribution in [0.15, 0.2) is 23.1 Å². The van der Waals surface area contributed by atoms with Gasteiger partial charge < -0.3 is 9.42 Å². The molecule has 0 aliphatic carbocycles. The van der Waals surface area contributed by atoms with Gasteiger partial charge >= 0.3 is 0 Å². The normalized spacial score (nSPS) is 22.1. The number of carbonyl (C=O) groups is 1. The van der Waals surface area contributed by atoms with Crippen LogP contribution in [0.2, 0.25) is 0 Å². The maximum absolute atomic E-state index is 12.6. The molecular formula is C20H27N5O2S2. The van der Waals surface area contributed by atoms with Crippen LogP contribution in [0.4, 0.5) is 0 Å². The summed E-state index contributed by atoms with van der Waals surface area (Å²) in [5, 5.41) is 4.82. The Labute approximate surface area is 179 Å². The molecule has 0 saturated carbocycles. The minimum Gasteiger partial charge on any atom is -0.342 e. The molecule has 1 amide bonds. The van der Waals surface area contributed by atoms with E-state index in [-0.39, 0.29) is 0 Å². The zero-order valence-corrected chi connectivity index (χ0v) is 18.2. The first-order valence-corrected chi connectivity index (χ1v) is 12.8. The van der Waals surface area contributed by atoms with Crippen molar-refractivity contribution in [2.75, 3.05) is 18.8 Å². The quantitative estimate of drug-likeness (QED) is 0.456. The van der Waals surface area contributed by atoms with Gasteiger partial charge in [0.25, 0.3) is 0 Å². The van der Waals surface area contributed by atoms with Crippen LogP contribution in [0.1, 0.15) is 50.8 Å². The summed E-state index contributed by atoms with van der Waals surface area (Å²) < 4.78 is 5.41. The molecular weight excluding hydrogens is 406 g/mol. The van der Waals surface area contributed by atoms with Crippen LogP contribution in [-0.2, 0) is 11.2 Å². The predicted octanol–water partition coefficient (Wildman–Crippen LogP) is 4.02. The molecule has 2 fully saturated rings. The standard InChI is InChI=1S/C20H27N5O2S2/c26-19(6-2-1-5-16-7-11-28-29-16)25-10-3-4-15(14-25)12-18-23-20(24-27-18)17-13-21-8-9-22-17/h8-9,13,15-16H,1-7,10-12,14H2/t15-,16-/m1/s1. The first kappa shape index (κ1) is 20.7. The average molecular weight is 434 g/mol. The number of hydrogen-bond acceptors (Lipinski definition) is 8. The van der Waals surface area contributed by atoms with Gasteiger partial charge in [0.05, 0.1) is 6.20 Å². The first-order valence-electron chi connectivity index (χ1n) is 10.4. The molecule has 0 radical (unpaired) electrons. The fourth-order valence-corrected chi connectivity index (χ4v) is 6.96. The van der Waals surface area contributed by atoms with E-state index in [4.69, 9.17) is 4.52 Å². The molecule has 2 atom stereocenters. The lowest BCUT2D eigenvalue weighted by atomic mass is 9.94. The van der Waals surface area contributed by atoms with E-state index in [9.17, 15) is 4.79 Å². The summed E-state index contributed by atoms with van der Waals surface area (Å²) >= 11 is 0. The third-order valence-corrected chi connectivity index (χ3v) is 8.50. The summed E-state index contributed by atoms with van der Waals surface area (Å²) in [5.41, 5.74) is 0.609. The van der Waals surface area contributed by atoms with Crippen LogP contribution < -0.4 is 0 Å². The lowest BCUT2D eigenvalue weighted by molar-refractivity contribution is -0.133. The van der Waals surface area contributed by atoms with Crippen molar-refractivity contribution in [2.45, 2.75) is 56.6 Å². The summed E-state index contributed by atoms with van der Waals surface area (Å²) in [6.07, 6.45) is 13.1. The number of piperidine rings is 1. The monoisotopic (exact) mass is 433 g/mol. The zero-order chi connectivity index (χ0) is 19.9. The summed E-state index contributed by atoms with van der Waals surface area (Å²) in [7, 11) is 4.01. The predicted molar refractivity (Wildman–Crippen MR) is 115 cm³/mol. The van der Waals surface area contributed by atoms with Crippen LogP contribution in [0, 0.1) is 5.92 Å². The molecule has 2 aliphatic rings. The van der Waals surface area contributed by atoms with E-state index >= 15 is 0 Å². The topological polar surface area (TPSA) is 85.0 Å². The van der Waals surface area contributed by atoms with Gasteiger partial charge in [0.15, 0.2) is 0 Å². The van der Waals surface area contributed by atoms with E-state index in [1.807, 2.05) is 26.5 Å². The van der Waals surface area contributed by atoms with Crippen molar-refractivity contribution >= 4 is 27.5 Å². The van der Waals surface area contributed by atoms with Crippen LogP contribution >= 0.6 is 21.6 Å². The molecule has 0 unspecified atom stereocenters. The summed E-state index contributed by atoms with van der Waals surface area (Å²) in [4.78, 5) is 27.4. The molecule has 2 saturated heterocycles. The van der Waals surface area contributed by atoms with Crippen molar-refractivity contribution in [3.63, 3.8) is 0 Å². The zero-order valence-electron chi connectivity index (χ0n) is 16.5. The Morgan fingerprint density at radius 2 is 2.24 bits per heavy atom. The van der Waals surface area contributed by atoms with E-state index in [2.05, 4.69) is 20.1 Å². The highest BCUT2D eigenvalue weighted by Gasteiger charge is 2.25. The van der Waals surface area contributed by atoms with E-state index in [1.54, 1.807) is 18.6 Å². The molecule has 4 heterocycles. The molecule has 9 heteroatoms. The Bertz CT molecular complexity index is 782. The average Bonchev–Trinajstić information content (AvgIpc) is 3.44. The van der Waals surface area contributed by atoms with Gasteiger partial charge in [-0.25, -0.2) is 4.98 Å². The Morgan fingerprint density at radius 3 is 3.07 bits per heavy atom. The first-order chi connectivity index (χ1) is 14.3. The van der Waals surface area contributed by atoms with E-state index < -0.39 is 0 Å². The second-order valence-electron chi connectivity index (χ2n) is 7.73. The number of amides is 1. The molecule has 0 spiro atoms. The molecule has 156 valence electrons. The van der Waals surface area contributed by atoms with Crippen LogP contribution in [-0.4, -0.2) is 55.0 Å². The van der Waals surface area contributed by atoms with Crippen molar-refractivity contribution in [1.82, 2.24) is 25.0 Å². The summed E-state index contributed by atoms with van der Waals surface area (Å²) in [5.74, 6) is 3.03. The van der Waals surface area contributed by atoms with Gasteiger partial charge in [0.2, 0.25) is 17.6 Å². The van der Waals surface area contributed by atoms with Crippen molar-refractivity contribution < 1.29 is 9.32 Å². The van der Waals surface area contributed by atoms with Crippen molar-refractivity contribution in [2.24, 2.45) is 5.92 Å². The highest BCUT2D eigenvalue weighted by Crippen LogP contribution is 2.39. The van der Waals surface area contributed by atoms with Gasteiger partial charge in [-0.15, -0.1) is 0 Å². The summed E-state index contributed by atoms with van der Waals surface area (Å²) in [6.45, 7) is 1.66. The van der Waals surface area contributed by atoms with Gasteiger partial charge in [0, 0.05) is 49.3 Å². The van der Waals surface area contributed by atoms with Gasteiger partial charge in [-0.1, -0.05) is 33.2 Å². The number of unbranched alkanes of at least 4 members (excludes halogenated alkanes) is 1. The van der Waals surface area contributed by atoms with Gasteiger partial charge in [-0.05, 0) is 38.0 Å². The summed E-state index contributed by atoms with van der Waals surface area (Å²) in [6, 6.07) is 0. The van der Waals surface area contributed by atoms with Crippen molar-refractivity contribution in [3.8, 4) is 11.5 Å². The Kier molecular flexibility index (Phi) is 7.43. The molecule has 0 aromatic carbocycles. The number of likely N-dealkylation sites (tertiary alicyclic amines) is 1. The van der Waals surface area contributed by atoms with Crippen molar-refractivity contribution in [1.29, 1.82) is 0 Å². The van der Waals surface area contributed by atoms with Gasteiger partial charge in [-0.3, -0.25) is 9.78 Å². The number of nitrogens with zero attached hydrogens (tertiary/aromatic N) is 5. The molecule has 2 aromatic rings. The van der Waals surface area contributed by atoms with E-state index in [1.165, 1.54) is 18.6 Å². The number of aromatic nitrogens is 4. The number of rotatable bonds is 8. The number of carbonyl (C=O) groups excluding carboxylic acids is 1. The molecule has 2 aliphatic heterocycles. The minimum atomic E-state index is 0.300. The molecule has 2 aromatic heterocycles. The maximum Gasteiger partial charge on any atom is 0.227 e. The number of hydrogen-bond donors (Lipinski definition) is 0. The largest absolute Gasteiger partial charge is 0.342 e. The van der Waals surface area contributed by atoms with Crippen LogP contribution in [0.5, 0.6) is 0 Å². The fraction of sp³-hybridized carbons (Fsp3) is 0.650. The molecule has 0 bridgehead atoms. The second kappa shape index (κ2) is 10.4. The van der Waals surface area contributed by atoms with E-state index in [0.717, 1.165) is 44.0 Å². The Morgan fingerprint density at radius 1 is 1.28 bits per heavy atom. The molecule has 0 N–H and O–H groups in total. The molecule has 29 heavy (non-hydrogen) atoms. The molecule has 7 nitrogen and oxygen atoms in total. The lowest BCUT2D eigenvalue weighted by Crippen LogP contribution is -2.40. The third kappa shape index (κ3) is 5.94. The van der Waals surface area contributed by atoms with Crippen molar-refractivity contribution in [3.05, 3.63) is 24.5 Å². The highest BCUT2D eigenvalue weighted by molar-refractivity contribution is 8.77. The van der Waals surface area contributed by atoms with Gasteiger partial charge in [-0.2, -0.15) is 4.98 Å². The SMILES string of the molecule is O=C(CCCC[C@@H]1CCSS1)N1CCC[C@H](Cc2nc(-c3cnccn3)no2)C1. The minimum absolute atomic E-state index is 0.300. The van der Waals surface area contributed by atoms with Crippen LogP contribution in [0.25, 0.3) is 11.5 Å². The Hall–Kier alpha value is -1.61. The smallest absolute Gasteiger partial charge is 0.227 e. The second-order valence-corrected chi connectivity index (χ2v) is 10.5. The third-order valence-electron chi connectivity index (χ3n) is 5.49.